The Morgan fingerprint density at radius 2 is 1.88 bits per heavy atom. The van der Waals surface area contributed by atoms with Gasteiger partial charge in [0.25, 0.3) is 0 Å². The molecule has 26 heavy (non-hydrogen) atoms. The second-order valence-corrected chi connectivity index (χ2v) is 5.45. The molecule has 1 aromatic rings. The minimum Gasteiger partial charge on any atom is -0.475 e. The molecule has 0 unspecified atom stereocenters. The molecule has 0 aliphatic carbocycles. The lowest BCUT2D eigenvalue weighted by atomic mass is 10.2. The van der Waals surface area contributed by atoms with Crippen LogP contribution in [0.4, 0.5) is 13.2 Å². The molecule has 1 heterocycles. The van der Waals surface area contributed by atoms with Crippen LogP contribution in [0.5, 0.6) is 5.88 Å². The monoisotopic (exact) mass is 376 g/mol. The van der Waals surface area contributed by atoms with E-state index in [1.807, 2.05) is 0 Å². The van der Waals surface area contributed by atoms with Crippen molar-refractivity contribution in [3.63, 3.8) is 0 Å². The molecule has 0 amide bonds. The van der Waals surface area contributed by atoms with Crippen LogP contribution in [0.3, 0.4) is 0 Å². The van der Waals surface area contributed by atoms with Crippen LogP contribution in [0.25, 0.3) is 0 Å². The van der Waals surface area contributed by atoms with Crippen LogP contribution in [0.2, 0.25) is 0 Å². The summed E-state index contributed by atoms with van der Waals surface area (Å²) in [6.07, 6.45) is -0.221. The van der Waals surface area contributed by atoms with Crippen LogP contribution in [0, 0.1) is 0 Å². The normalized spacial score (nSPS) is 12.1. The van der Waals surface area contributed by atoms with E-state index >= 15 is 0 Å². The third-order valence-electron chi connectivity index (χ3n) is 3.33. The van der Waals surface area contributed by atoms with Crippen LogP contribution < -0.4 is 15.4 Å². The highest BCUT2D eigenvalue weighted by molar-refractivity contribution is 5.79. The lowest BCUT2D eigenvalue weighted by Crippen LogP contribution is -2.40. The van der Waals surface area contributed by atoms with Gasteiger partial charge in [-0.1, -0.05) is 13.3 Å². The summed E-state index contributed by atoms with van der Waals surface area (Å²) < 4.78 is 49.1. The molecular formula is C17H27F3N4O2. The van der Waals surface area contributed by atoms with E-state index in [9.17, 15) is 13.2 Å². The number of rotatable bonds is 11. The fourth-order valence-corrected chi connectivity index (χ4v) is 1.99. The maximum Gasteiger partial charge on any atom is 0.421 e. The second kappa shape index (κ2) is 12.3. The van der Waals surface area contributed by atoms with Gasteiger partial charge in [0.1, 0.15) is 12.2 Å². The first-order valence-corrected chi connectivity index (χ1v) is 8.66. The number of pyridine rings is 1. The minimum atomic E-state index is -4.49. The minimum absolute atomic E-state index is 0.0287. The van der Waals surface area contributed by atoms with Crippen molar-refractivity contribution in [3.8, 4) is 5.88 Å². The average Bonchev–Trinajstić information content (AvgIpc) is 2.62. The highest BCUT2D eigenvalue weighted by atomic mass is 19.4. The number of nitrogens with one attached hydrogen (secondary N) is 2. The van der Waals surface area contributed by atoms with E-state index in [0.29, 0.717) is 25.7 Å². The molecular weight excluding hydrogens is 349 g/mol. The molecule has 0 bridgehead atoms. The van der Waals surface area contributed by atoms with Crippen molar-refractivity contribution in [2.24, 2.45) is 4.99 Å². The summed E-state index contributed by atoms with van der Waals surface area (Å²) in [5.41, 5.74) is -0.884. The maximum atomic E-state index is 12.8. The molecule has 6 nitrogen and oxygen atoms in total. The van der Waals surface area contributed by atoms with Crippen molar-refractivity contribution < 1.29 is 22.6 Å². The molecule has 9 heteroatoms. The average molecular weight is 376 g/mol. The Kier molecular flexibility index (Phi) is 10.5. The number of hydrogen-bond donors (Lipinski definition) is 2. The van der Waals surface area contributed by atoms with Crippen molar-refractivity contribution in [3.05, 3.63) is 23.9 Å². The zero-order chi connectivity index (χ0) is 19.3. The highest BCUT2D eigenvalue weighted by Crippen LogP contribution is 2.34. The third kappa shape index (κ3) is 8.89. The lowest BCUT2D eigenvalue weighted by molar-refractivity contribution is -0.139. The predicted molar refractivity (Wildman–Crippen MR) is 94.4 cm³/mol. The van der Waals surface area contributed by atoms with Crippen LogP contribution >= 0.6 is 0 Å². The Labute approximate surface area is 152 Å². The molecule has 0 fully saturated rings. The zero-order valence-electron chi connectivity index (χ0n) is 15.2. The van der Waals surface area contributed by atoms with Gasteiger partial charge in [-0.05, 0) is 25.0 Å². The Bertz CT molecular complexity index is 539. The first-order chi connectivity index (χ1) is 12.5. The molecule has 0 atom stereocenters. The van der Waals surface area contributed by atoms with E-state index in [1.54, 1.807) is 7.05 Å². The van der Waals surface area contributed by atoms with Gasteiger partial charge in [0, 0.05) is 33.0 Å². The number of ether oxygens (including phenoxy) is 2. The highest BCUT2D eigenvalue weighted by Gasteiger charge is 2.34. The molecule has 0 spiro atoms. The number of unbranched alkanes of at least 4 members (excludes halogenated alkanes) is 1. The van der Waals surface area contributed by atoms with E-state index in [0.717, 1.165) is 31.9 Å². The van der Waals surface area contributed by atoms with Gasteiger partial charge in [0.2, 0.25) is 5.88 Å². The number of halogens is 3. The van der Waals surface area contributed by atoms with Crippen molar-refractivity contribution in [2.75, 3.05) is 40.0 Å². The first-order valence-electron chi connectivity index (χ1n) is 8.66. The molecule has 2 N–H and O–H groups in total. The molecule has 0 saturated heterocycles. The van der Waals surface area contributed by atoms with Gasteiger partial charge in [-0.15, -0.1) is 0 Å². The predicted octanol–water partition coefficient (Wildman–Crippen LogP) is 2.85. The molecule has 0 aliphatic heterocycles. The fourth-order valence-electron chi connectivity index (χ4n) is 1.99. The molecule has 148 valence electrons. The molecule has 0 radical (unpaired) electrons. The Hall–Kier alpha value is -2.03. The molecule has 0 aromatic carbocycles. The SMILES string of the molecule is CCCCOCCCNC(=NC)NCCOc1ncccc1C(F)(F)F. The quantitative estimate of drug-likeness (QED) is 0.353. The zero-order valence-corrected chi connectivity index (χ0v) is 15.2. The molecule has 1 rings (SSSR count). The fraction of sp³-hybridized carbons (Fsp3) is 0.647. The van der Waals surface area contributed by atoms with Gasteiger partial charge in [0.15, 0.2) is 5.96 Å². The van der Waals surface area contributed by atoms with Crippen LogP contribution in [0.1, 0.15) is 31.7 Å². The summed E-state index contributed by atoms with van der Waals surface area (Å²) in [5.74, 6) is 0.133. The van der Waals surface area contributed by atoms with Gasteiger partial charge >= 0.3 is 6.18 Å². The number of hydrogen-bond acceptors (Lipinski definition) is 4. The topological polar surface area (TPSA) is 67.8 Å². The van der Waals surface area contributed by atoms with Gasteiger partial charge < -0.3 is 20.1 Å². The van der Waals surface area contributed by atoms with Gasteiger partial charge in [-0.2, -0.15) is 13.2 Å². The van der Waals surface area contributed by atoms with E-state index in [-0.39, 0.29) is 6.61 Å². The van der Waals surface area contributed by atoms with Crippen LogP contribution in [-0.2, 0) is 10.9 Å². The summed E-state index contributed by atoms with van der Waals surface area (Å²) >= 11 is 0. The maximum absolute atomic E-state index is 12.8. The molecule has 0 aliphatic rings. The van der Waals surface area contributed by atoms with Crippen molar-refractivity contribution >= 4 is 5.96 Å². The Morgan fingerprint density at radius 1 is 1.15 bits per heavy atom. The largest absolute Gasteiger partial charge is 0.475 e. The summed E-state index contributed by atoms with van der Waals surface area (Å²) in [7, 11) is 1.62. The van der Waals surface area contributed by atoms with E-state index in [2.05, 4.69) is 27.5 Å². The first kappa shape index (κ1) is 22.0. The standard InChI is InChI=1S/C17H27F3N4O2/c1-3-4-11-25-12-6-9-23-16(21-2)24-10-13-26-15-14(17(18,19)20)7-5-8-22-15/h5,7-8H,3-4,6,9-13H2,1-2H3,(H2,21,23,24). The number of alkyl halides is 3. The second-order valence-electron chi connectivity index (χ2n) is 5.45. The molecule has 0 saturated carbocycles. The lowest BCUT2D eigenvalue weighted by Gasteiger charge is -2.14. The number of guanidine groups is 1. The number of nitrogens with zero attached hydrogens (tertiary/aromatic N) is 2. The van der Waals surface area contributed by atoms with Crippen molar-refractivity contribution in [1.82, 2.24) is 15.6 Å². The Balaban J connectivity index is 2.24. The van der Waals surface area contributed by atoms with E-state index < -0.39 is 17.6 Å². The number of aromatic nitrogens is 1. The van der Waals surface area contributed by atoms with E-state index in [4.69, 9.17) is 9.47 Å². The van der Waals surface area contributed by atoms with Crippen molar-refractivity contribution in [1.29, 1.82) is 0 Å². The Morgan fingerprint density at radius 3 is 2.58 bits per heavy atom. The van der Waals surface area contributed by atoms with Gasteiger partial charge in [-0.25, -0.2) is 4.98 Å². The summed E-state index contributed by atoms with van der Waals surface area (Å²) in [5, 5.41) is 6.08. The van der Waals surface area contributed by atoms with Crippen LogP contribution in [0.15, 0.2) is 23.3 Å². The number of aliphatic imine (C=N–C) groups is 1. The van der Waals surface area contributed by atoms with Crippen molar-refractivity contribution in [2.45, 2.75) is 32.4 Å². The third-order valence-corrected chi connectivity index (χ3v) is 3.33. The van der Waals surface area contributed by atoms with Gasteiger partial charge in [0.05, 0.1) is 6.54 Å². The molecule has 1 aromatic heterocycles. The summed E-state index contributed by atoms with van der Waals surface area (Å²) in [6.45, 7) is 4.57. The summed E-state index contributed by atoms with van der Waals surface area (Å²) in [4.78, 5) is 7.68. The van der Waals surface area contributed by atoms with Crippen LogP contribution in [-0.4, -0.2) is 50.9 Å². The summed E-state index contributed by atoms with van der Waals surface area (Å²) in [6, 6.07) is 2.17. The van der Waals surface area contributed by atoms with Gasteiger partial charge in [-0.3, -0.25) is 4.99 Å². The van der Waals surface area contributed by atoms with E-state index in [1.165, 1.54) is 12.3 Å². The smallest absolute Gasteiger partial charge is 0.421 e.